The predicted molar refractivity (Wildman–Crippen MR) is 60.5 cm³/mol. The molecule has 0 aliphatic heterocycles. The lowest BCUT2D eigenvalue weighted by Crippen LogP contribution is -2.48. The zero-order chi connectivity index (χ0) is 11.1. The van der Waals surface area contributed by atoms with E-state index in [2.05, 4.69) is 0 Å². The number of rotatable bonds is 3. The van der Waals surface area contributed by atoms with Crippen LogP contribution in [-0.4, -0.2) is 19.1 Å². The third kappa shape index (κ3) is 1.65. The summed E-state index contributed by atoms with van der Waals surface area (Å²) in [6, 6.07) is 0. The van der Waals surface area contributed by atoms with E-state index in [9.17, 15) is 4.79 Å². The van der Waals surface area contributed by atoms with Gasteiger partial charge in [0, 0.05) is 6.54 Å². The van der Waals surface area contributed by atoms with Crippen LogP contribution < -0.4 is 5.73 Å². The van der Waals surface area contributed by atoms with Crippen molar-refractivity contribution in [2.75, 3.05) is 13.2 Å². The van der Waals surface area contributed by atoms with Crippen LogP contribution in [0.2, 0.25) is 0 Å². The van der Waals surface area contributed by atoms with Gasteiger partial charge in [-0.3, -0.25) is 4.79 Å². The molecule has 0 spiro atoms. The van der Waals surface area contributed by atoms with Crippen molar-refractivity contribution >= 4 is 5.97 Å². The normalized spacial score (nSPS) is 44.7. The van der Waals surface area contributed by atoms with Gasteiger partial charge in [-0.1, -0.05) is 0 Å². The van der Waals surface area contributed by atoms with E-state index in [1.165, 1.54) is 32.1 Å². The molecule has 4 rings (SSSR count). The van der Waals surface area contributed by atoms with Gasteiger partial charge in [-0.05, 0) is 55.8 Å². The molecule has 3 nitrogen and oxygen atoms in total. The van der Waals surface area contributed by atoms with Crippen molar-refractivity contribution < 1.29 is 9.53 Å². The number of nitrogens with two attached hydrogens (primary N) is 1. The summed E-state index contributed by atoms with van der Waals surface area (Å²) in [5, 5.41) is 0. The molecule has 90 valence electrons. The van der Waals surface area contributed by atoms with Crippen LogP contribution in [0.15, 0.2) is 0 Å². The van der Waals surface area contributed by atoms with Crippen LogP contribution in [0.3, 0.4) is 0 Å². The molecule has 4 aliphatic carbocycles. The van der Waals surface area contributed by atoms with Crippen molar-refractivity contribution in [3.63, 3.8) is 0 Å². The molecule has 0 aromatic rings. The van der Waals surface area contributed by atoms with Gasteiger partial charge in [0.25, 0.3) is 0 Å². The maximum Gasteiger partial charge on any atom is 0.309 e. The summed E-state index contributed by atoms with van der Waals surface area (Å²) in [5.74, 6) is 3.34. The van der Waals surface area contributed by atoms with E-state index in [4.69, 9.17) is 10.5 Å². The largest absolute Gasteiger partial charge is 0.464 e. The first-order chi connectivity index (χ1) is 7.78. The van der Waals surface area contributed by atoms with Gasteiger partial charge in [-0.2, -0.15) is 0 Å². The van der Waals surface area contributed by atoms with Gasteiger partial charge in [0.05, 0.1) is 5.92 Å². The Hall–Kier alpha value is -0.570. The number of hydrogen-bond donors (Lipinski definition) is 1. The van der Waals surface area contributed by atoms with E-state index in [0.29, 0.717) is 25.0 Å². The molecule has 0 heterocycles. The minimum absolute atomic E-state index is 0.0410. The lowest BCUT2D eigenvalue weighted by Gasteiger charge is -2.53. The van der Waals surface area contributed by atoms with Gasteiger partial charge in [-0.25, -0.2) is 0 Å². The lowest BCUT2D eigenvalue weighted by molar-refractivity contribution is -0.162. The third-order valence-corrected chi connectivity index (χ3v) is 4.86. The van der Waals surface area contributed by atoms with Crippen LogP contribution in [0.4, 0.5) is 0 Å². The molecule has 4 saturated carbocycles. The van der Waals surface area contributed by atoms with Gasteiger partial charge in [0.15, 0.2) is 0 Å². The maximum absolute atomic E-state index is 12.0. The average molecular weight is 223 g/mol. The van der Waals surface area contributed by atoms with E-state index in [1.54, 1.807) is 0 Å². The third-order valence-electron chi connectivity index (χ3n) is 4.86. The summed E-state index contributed by atoms with van der Waals surface area (Å²) >= 11 is 0. The van der Waals surface area contributed by atoms with E-state index in [0.717, 1.165) is 11.8 Å². The Kier molecular flexibility index (Phi) is 2.66. The Morgan fingerprint density at radius 2 is 1.62 bits per heavy atom. The Labute approximate surface area is 96.7 Å². The molecule has 0 unspecified atom stereocenters. The van der Waals surface area contributed by atoms with Gasteiger partial charge < -0.3 is 10.5 Å². The van der Waals surface area contributed by atoms with Gasteiger partial charge >= 0.3 is 5.97 Å². The molecule has 16 heavy (non-hydrogen) atoms. The number of carbonyl (C=O) groups is 1. The highest BCUT2D eigenvalue weighted by Gasteiger charge is 2.51. The summed E-state index contributed by atoms with van der Waals surface area (Å²) in [4.78, 5) is 12.0. The van der Waals surface area contributed by atoms with E-state index in [1.807, 2.05) is 0 Å². The van der Waals surface area contributed by atoms with Gasteiger partial charge in [0.2, 0.25) is 0 Å². The Balaban J connectivity index is 1.69. The molecule has 0 saturated heterocycles. The number of esters is 1. The van der Waals surface area contributed by atoms with Crippen LogP contribution >= 0.6 is 0 Å². The molecule has 4 aliphatic rings. The van der Waals surface area contributed by atoms with Crippen LogP contribution in [0.1, 0.15) is 32.1 Å². The quantitative estimate of drug-likeness (QED) is 0.739. The van der Waals surface area contributed by atoms with Crippen LogP contribution in [0.25, 0.3) is 0 Å². The molecule has 0 aromatic carbocycles. The van der Waals surface area contributed by atoms with Crippen molar-refractivity contribution in [3.05, 3.63) is 0 Å². The predicted octanol–water partition coefficient (Wildman–Crippen LogP) is 1.56. The second-order valence-electron chi connectivity index (χ2n) is 5.91. The summed E-state index contributed by atoms with van der Waals surface area (Å²) in [7, 11) is 0. The first-order valence-corrected chi connectivity index (χ1v) is 6.64. The summed E-state index contributed by atoms with van der Waals surface area (Å²) < 4.78 is 5.25. The molecular weight excluding hydrogens is 202 g/mol. The van der Waals surface area contributed by atoms with E-state index in [-0.39, 0.29) is 11.9 Å². The minimum atomic E-state index is 0.0410. The molecular formula is C13H21NO2. The first kappa shape index (κ1) is 10.6. The Bertz CT molecular complexity index is 262. The van der Waals surface area contributed by atoms with Crippen molar-refractivity contribution in [2.45, 2.75) is 32.1 Å². The molecule has 3 heteroatoms. The van der Waals surface area contributed by atoms with Gasteiger partial charge in [0.1, 0.15) is 6.61 Å². The fraction of sp³-hybridized carbons (Fsp3) is 0.923. The second-order valence-corrected chi connectivity index (χ2v) is 5.91. The highest BCUT2D eigenvalue weighted by molar-refractivity contribution is 5.73. The maximum atomic E-state index is 12.0. The summed E-state index contributed by atoms with van der Waals surface area (Å²) in [5.41, 5.74) is 5.37. The summed E-state index contributed by atoms with van der Waals surface area (Å²) in [6.45, 7) is 0.834. The monoisotopic (exact) mass is 223 g/mol. The standard InChI is InChI=1S/C13H21NO2/c14-1-2-16-13(15)12-10-4-8-3-9(6-10)7-11(12)5-8/h8-12H,1-7,14H2. The molecule has 0 radical (unpaired) electrons. The molecule has 2 N–H and O–H groups in total. The van der Waals surface area contributed by atoms with Crippen LogP contribution in [0, 0.1) is 29.6 Å². The smallest absolute Gasteiger partial charge is 0.309 e. The van der Waals surface area contributed by atoms with Crippen LogP contribution in [0.5, 0.6) is 0 Å². The molecule has 0 amide bonds. The number of ether oxygens (including phenoxy) is 1. The highest BCUT2D eigenvalue weighted by Crippen LogP contribution is 2.56. The van der Waals surface area contributed by atoms with Gasteiger partial charge in [-0.15, -0.1) is 0 Å². The van der Waals surface area contributed by atoms with Crippen molar-refractivity contribution in [3.8, 4) is 0 Å². The summed E-state index contributed by atoms with van der Waals surface area (Å²) in [6.07, 6.45) is 6.52. The van der Waals surface area contributed by atoms with Crippen molar-refractivity contribution in [1.29, 1.82) is 0 Å². The lowest BCUT2D eigenvalue weighted by atomic mass is 9.52. The minimum Gasteiger partial charge on any atom is -0.464 e. The van der Waals surface area contributed by atoms with E-state index < -0.39 is 0 Å². The Morgan fingerprint density at radius 1 is 1.06 bits per heavy atom. The van der Waals surface area contributed by atoms with Crippen molar-refractivity contribution in [2.24, 2.45) is 35.3 Å². The van der Waals surface area contributed by atoms with E-state index >= 15 is 0 Å². The number of hydrogen-bond acceptors (Lipinski definition) is 3. The molecule has 4 bridgehead atoms. The first-order valence-electron chi connectivity index (χ1n) is 6.64. The molecule has 4 fully saturated rings. The van der Waals surface area contributed by atoms with Crippen molar-refractivity contribution in [1.82, 2.24) is 0 Å². The zero-order valence-corrected chi connectivity index (χ0v) is 9.73. The SMILES string of the molecule is NCCOC(=O)C1C2CC3CC(C2)CC1C3. The van der Waals surface area contributed by atoms with Crippen LogP contribution in [-0.2, 0) is 9.53 Å². The average Bonchev–Trinajstić information content (AvgIpc) is 2.24. The fourth-order valence-corrected chi connectivity index (χ4v) is 4.57. The second kappa shape index (κ2) is 4.02. The number of carbonyl (C=O) groups excluding carboxylic acids is 1. The zero-order valence-electron chi connectivity index (χ0n) is 9.73. The fourth-order valence-electron chi connectivity index (χ4n) is 4.57. The molecule has 0 aromatic heterocycles. The topological polar surface area (TPSA) is 52.3 Å². The highest BCUT2D eigenvalue weighted by atomic mass is 16.5. The molecule has 0 atom stereocenters. The Morgan fingerprint density at radius 3 is 2.12 bits per heavy atom.